The molecule has 3 N–H and O–H groups in total. The number of aliphatic carboxylic acids is 1. The van der Waals surface area contributed by atoms with Crippen molar-refractivity contribution >= 4 is 12.0 Å². The molecule has 2 atom stereocenters. The van der Waals surface area contributed by atoms with Gasteiger partial charge in [0.25, 0.3) is 0 Å². The zero-order valence-corrected chi connectivity index (χ0v) is 9.29. The molecule has 6 nitrogen and oxygen atoms in total. The molecule has 2 amide bonds. The lowest BCUT2D eigenvalue weighted by atomic mass is 10.2. The Bertz CT molecular complexity index is 321. The molecule has 1 aliphatic heterocycles. The van der Waals surface area contributed by atoms with Gasteiger partial charge in [-0.3, -0.25) is 0 Å². The molecule has 1 saturated heterocycles. The van der Waals surface area contributed by atoms with E-state index in [1.54, 1.807) is 5.32 Å². The highest BCUT2D eigenvalue weighted by Gasteiger charge is 2.31. The summed E-state index contributed by atoms with van der Waals surface area (Å²) in [5.74, 6) is -1.08. The van der Waals surface area contributed by atoms with Crippen LogP contribution in [0.1, 0.15) is 12.8 Å². The van der Waals surface area contributed by atoms with Crippen molar-refractivity contribution < 1.29 is 32.6 Å². The van der Waals surface area contributed by atoms with Gasteiger partial charge in [-0.25, -0.2) is 9.59 Å². The number of hydrogen-bond donors (Lipinski definition) is 3. The molecule has 104 valence electrons. The van der Waals surface area contributed by atoms with Crippen molar-refractivity contribution in [2.45, 2.75) is 31.2 Å². The monoisotopic (exact) mass is 270 g/mol. The molecule has 0 saturated carbocycles. The predicted octanol–water partition coefficient (Wildman–Crippen LogP) is 0.480. The zero-order valence-electron chi connectivity index (χ0n) is 9.29. The van der Waals surface area contributed by atoms with Crippen LogP contribution in [0.3, 0.4) is 0 Å². The quantitative estimate of drug-likeness (QED) is 0.693. The summed E-state index contributed by atoms with van der Waals surface area (Å²) in [4.78, 5) is 21.5. The topological polar surface area (TPSA) is 87.7 Å². The standard InChI is InChI=1S/C9H13F3N2O4/c10-9(11,12)4-14-8(17)13-3-5-1-2-6(18-5)7(15)16/h5-6H,1-4H2,(H,15,16)(H2,13,14,17). The molecule has 1 rings (SSSR count). The highest BCUT2D eigenvalue weighted by molar-refractivity contribution is 5.74. The Morgan fingerprint density at radius 3 is 2.44 bits per heavy atom. The van der Waals surface area contributed by atoms with E-state index in [0.29, 0.717) is 12.8 Å². The summed E-state index contributed by atoms with van der Waals surface area (Å²) in [5.41, 5.74) is 0. The van der Waals surface area contributed by atoms with E-state index < -0.39 is 36.9 Å². The normalized spacial score (nSPS) is 23.7. The highest BCUT2D eigenvalue weighted by atomic mass is 19.4. The summed E-state index contributed by atoms with van der Waals surface area (Å²) in [6.07, 6.45) is -5.09. The highest BCUT2D eigenvalue weighted by Crippen LogP contribution is 2.19. The van der Waals surface area contributed by atoms with E-state index in [1.807, 2.05) is 0 Å². The third-order valence-corrected chi connectivity index (χ3v) is 2.32. The predicted molar refractivity (Wildman–Crippen MR) is 53.0 cm³/mol. The summed E-state index contributed by atoms with van der Waals surface area (Å²) in [6.45, 7) is -1.43. The smallest absolute Gasteiger partial charge is 0.405 e. The third-order valence-electron chi connectivity index (χ3n) is 2.32. The lowest BCUT2D eigenvalue weighted by Gasteiger charge is -2.13. The van der Waals surface area contributed by atoms with E-state index >= 15 is 0 Å². The fourth-order valence-electron chi connectivity index (χ4n) is 1.49. The van der Waals surface area contributed by atoms with Crippen molar-refractivity contribution in [1.82, 2.24) is 10.6 Å². The minimum Gasteiger partial charge on any atom is -0.479 e. The number of carboxylic acids is 1. The van der Waals surface area contributed by atoms with Crippen LogP contribution in [-0.2, 0) is 9.53 Å². The minimum absolute atomic E-state index is 0.0204. The average Bonchev–Trinajstić information content (AvgIpc) is 2.71. The number of amides is 2. The van der Waals surface area contributed by atoms with E-state index in [0.717, 1.165) is 0 Å². The van der Waals surface area contributed by atoms with Gasteiger partial charge in [0.15, 0.2) is 6.10 Å². The largest absolute Gasteiger partial charge is 0.479 e. The first kappa shape index (κ1) is 14.6. The SMILES string of the molecule is O=C(NCC1CCC(C(=O)O)O1)NCC(F)(F)F. The number of halogens is 3. The van der Waals surface area contributed by atoms with Crippen LogP contribution in [0.5, 0.6) is 0 Å². The van der Waals surface area contributed by atoms with Crippen LogP contribution >= 0.6 is 0 Å². The number of ether oxygens (including phenoxy) is 1. The van der Waals surface area contributed by atoms with Crippen molar-refractivity contribution in [3.05, 3.63) is 0 Å². The van der Waals surface area contributed by atoms with E-state index in [2.05, 4.69) is 5.32 Å². The number of carboxylic acid groups (broad SMARTS) is 1. The maximum absolute atomic E-state index is 11.8. The number of carbonyl (C=O) groups is 2. The van der Waals surface area contributed by atoms with Crippen LogP contribution in [-0.4, -0.2) is 48.6 Å². The molecule has 0 aliphatic carbocycles. The van der Waals surface area contributed by atoms with E-state index in [9.17, 15) is 22.8 Å². The van der Waals surface area contributed by atoms with Crippen molar-refractivity contribution in [3.8, 4) is 0 Å². The van der Waals surface area contributed by atoms with Gasteiger partial charge in [0.2, 0.25) is 0 Å². The third kappa shape index (κ3) is 5.21. The molecule has 0 aromatic rings. The zero-order chi connectivity index (χ0) is 13.8. The van der Waals surface area contributed by atoms with Gasteiger partial charge in [-0.05, 0) is 12.8 Å². The van der Waals surface area contributed by atoms with Crippen LogP contribution in [0.15, 0.2) is 0 Å². The molecule has 0 aromatic heterocycles. The first-order valence-electron chi connectivity index (χ1n) is 5.24. The molecule has 0 spiro atoms. The molecular weight excluding hydrogens is 257 g/mol. The lowest BCUT2D eigenvalue weighted by molar-refractivity contribution is -0.149. The van der Waals surface area contributed by atoms with Gasteiger partial charge in [-0.2, -0.15) is 13.2 Å². The number of hydrogen-bond acceptors (Lipinski definition) is 3. The second-order valence-electron chi connectivity index (χ2n) is 3.84. The summed E-state index contributed by atoms with van der Waals surface area (Å²) in [7, 11) is 0. The number of rotatable bonds is 4. The van der Waals surface area contributed by atoms with Crippen molar-refractivity contribution in [2.24, 2.45) is 0 Å². The van der Waals surface area contributed by atoms with Crippen molar-refractivity contribution in [1.29, 1.82) is 0 Å². The van der Waals surface area contributed by atoms with Crippen LogP contribution in [0, 0.1) is 0 Å². The Morgan fingerprint density at radius 1 is 1.28 bits per heavy atom. The van der Waals surface area contributed by atoms with Gasteiger partial charge in [-0.15, -0.1) is 0 Å². The van der Waals surface area contributed by atoms with Gasteiger partial charge in [-0.1, -0.05) is 0 Å². The Balaban J connectivity index is 2.18. The molecule has 0 radical (unpaired) electrons. The Hall–Kier alpha value is -1.51. The number of alkyl halides is 3. The molecule has 18 heavy (non-hydrogen) atoms. The van der Waals surface area contributed by atoms with Crippen molar-refractivity contribution in [2.75, 3.05) is 13.1 Å². The van der Waals surface area contributed by atoms with E-state index in [-0.39, 0.29) is 6.54 Å². The Morgan fingerprint density at radius 2 is 1.94 bits per heavy atom. The minimum atomic E-state index is -4.46. The Labute approximate surface area is 100 Å². The maximum atomic E-state index is 11.8. The molecule has 2 unspecified atom stereocenters. The van der Waals surface area contributed by atoms with Crippen molar-refractivity contribution in [3.63, 3.8) is 0 Å². The molecule has 9 heteroatoms. The van der Waals surface area contributed by atoms with Gasteiger partial charge in [0.1, 0.15) is 6.54 Å². The van der Waals surface area contributed by atoms with Gasteiger partial charge < -0.3 is 20.5 Å². The fraction of sp³-hybridized carbons (Fsp3) is 0.778. The summed E-state index contributed by atoms with van der Waals surface area (Å²) in [6, 6.07) is -0.963. The molecule has 1 heterocycles. The molecule has 1 aliphatic rings. The van der Waals surface area contributed by atoms with Crippen LogP contribution in [0.4, 0.5) is 18.0 Å². The van der Waals surface area contributed by atoms with Gasteiger partial charge in [0, 0.05) is 6.54 Å². The molecule has 1 fully saturated rings. The number of urea groups is 1. The summed E-state index contributed by atoms with van der Waals surface area (Å²) in [5, 5.41) is 12.5. The fourth-order valence-corrected chi connectivity index (χ4v) is 1.49. The Kier molecular flexibility index (Phi) is 4.76. The molecular formula is C9H13F3N2O4. The van der Waals surface area contributed by atoms with Gasteiger partial charge in [0.05, 0.1) is 6.10 Å². The van der Waals surface area contributed by atoms with Gasteiger partial charge >= 0.3 is 18.2 Å². The van der Waals surface area contributed by atoms with E-state index in [1.165, 1.54) is 0 Å². The number of nitrogens with one attached hydrogen (secondary N) is 2. The van der Waals surface area contributed by atoms with Crippen LogP contribution in [0.25, 0.3) is 0 Å². The lowest BCUT2D eigenvalue weighted by Crippen LogP contribution is -2.43. The second kappa shape index (κ2) is 5.89. The second-order valence-corrected chi connectivity index (χ2v) is 3.84. The number of carbonyl (C=O) groups excluding carboxylic acids is 1. The first-order valence-corrected chi connectivity index (χ1v) is 5.24. The summed E-state index contributed by atoms with van der Waals surface area (Å²) < 4.78 is 40.3. The first-order chi connectivity index (χ1) is 8.28. The maximum Gasteiger partial charge on any atom is 0.405 e. The molecule has 0 aromatic carbocycles. The van der Waals surface area contributed by atoms with Crippen LogP contribution in [0.2, 0.25) is 0 Å². The molecule has 0 bridgehead atoms. The van der Waals surface area contributed by atoms with E-state index in [4.69, 9.17) is 9.84 Å². The van der Waals surface area contributed by atoms with Crippen LogP contribution < -0.4 is 10.6 Å². The summed E-state index contributed by atoms with van der Waals surface area (Å²) >= 11 is 0. The average molecular weight is 270 g/mol.